The first-order valence-corrected chi connectivity index (χ1v) is 7.51. The number of nitrogens with zero attached hydrogens (tertiary/aromatic N) is 2. The highest BCUT2D eigenvalue weighted by molar-refractivity contribution is 7.17. The maximum Gasteiger partial charge on any atom is 0.349 e. The lowest BCUT2D eigenvalue weighted by atomic mass is 10.1. The summed E-state index contributed by atoms with van der Waals surface area (Å²) in [4.78, 5) is 18.7. The number of carbonyl (C=O) groups is 1. The van der Waals surface area contributed by atoms with Crippen LogP contribution in [0.5, 0.6) is 0 Å². The van der Waals surface area contributed by atoms with Crippen LogP contribution in [0.15, 0.2) is 30.5 Å². The second kappa shape index (κ2) is 5.63. The minimum absolute atomic E-state index is 0.322. The molecular weight excluding hydrogens is 272 g/mol. The van der Waals surface area contributed by atoms with E-state index in [2.05, 4.69) is 28.1 Å². The Morgan fingerprint density at radius 2 is 2.20 bits per heavy atom. The van der Waals surface area contributed by atoms with E-state index in [1.165, 1.54) is 36.1 Å². The predicted octanol–water partition coefficient (Wildman–Crippen LogP) is 3.40. The van der Waals surface area contributed by atoms with Gasteiger partial charge in [-0.05, 0) is 30.9 Å². The molecule has 0 fully saturated rings. The maximum atomic E-state index is 11.6. The maximum absolute atomic E-state index is 11.6. The number of carbonyl (C=O) groups excluding carboxylic acids is 1. The van der Waals surface area contributed by atoms with Gasteiger partial charge in [0.25, 0.3) is 0 Å². The molecule has 4 nitrogen and oxygen atoms in total. The van der Waals surface area contributed by atoms with Gasteiger partial charge in [0, 0.05) is 12.2 Å². The average Bonchev–Trinajstić information content (AvgIpc) is 2.87. The number of para-hydroxylation sites is 1. The number of anilines is 2. The molecule has 3 rings (SSSR count). The molecule has 0 radical (unpaired) electrons. The zero-order valence-electron chi connectivity index (χ0n) is 11.3. The zero-order chi connectivity index (χ0) is 13.9. The Bertz CT molecular complexity index is 624. The quantitative estimate of drug-likeness (QED) is 0.794. The molecule has 0 unspecified atom stereocenters. The summed E-state index contributed by atoms with van der Waals surface area (Å²) in [5, 5.41) is 0.861. The van der Waals surface area contributed by atoms with E-state index in [0.717, 1.165) is 24.5 Å². The van der Waals surface area contributed by atoms with Crippen LogP contribution in [0.1, 0.15) is 28.1 Å². The highest BCUT2D eigenvalue weighted by atomic mass is 32.1. The highest BCUT2D eigenvalue weighted by Crippen LogP contribution is 2.34. The largest absolute Gasteiger partial charge is 0.465 e. The van der Waals surface area contributed by atoms with E-state index < -0.39 is 0 Å². The van der Waals surface area contributed by atoms with Crippen molar-refractivity contribution in [2.75, 3.05) is 18.6 Å². The Morgan fingerprint density at radius 1 is 1.35 bits per heavy atom. The van der Waals surface area contributed by atoms with Crippen molar-refractivity contribution in [3.8, 4) is 0 Å². The van der Waals surface area contributed by atoms with Crippen molar-refractivity contribution in [1.29, 1.82) is 0 Å². The van der Waals surface area contributed by atoms with Crippen LogP contribution in [0.3, 0.4) is 0 Å². The summed E-state index contributed by atoms with van der Waals surface area (Å²) in [6, 6.07) is 8.42. The Labute approximate surface area is 122 Å². The van der Waals surface area contributed by atoms with Crippen molar-refractivity contribution < 1.29 is 9.53 Å². The van der Waals surface area contributed by atoms with E-state index in [4.69, 9.17) is 4.74 Å². The van der Waals surface area contributed by atoms with E-state index in [9.17, 15) is 4.79 Å². The highest BCUT2D eigenvalue weighted by Gasteiger charge is 2.20. The molecule has 1 aliphatic heterocycles. The molecule has 2 heterocycles. The van der Waals surface area contributed by atoms with E-state index in [1.807, 2.05) is 6.07 Å². The first kappa shape index (κ1) is 13.1. The fraction of sp³-hybridized carbons (Fsp3) is 0.333. The normalized spacial score (nSPS) is 14.6. The van der Waals surface area contributed by atoms with Crippen LogP contribution in [-0.2, 0) is 11.2 Å². The number of rotatable bonds is 2. The van der Waals surface area contributed by atoms with Gasteiger partial charge in [0.15, 0.2) is 5.13 Å². The number of fused-ring (bicyclic) bond motifs is 1. The lowest BCUT2D eigenvalue weighted by Gasteiger charge is -2.21. The molecule has 0 aliphatic carbocycles. The molecule has 0 bridgehead atoms. The molecule has 0 atom stereocenters. The molecule has 0 saturated heterocycles. The molecule has 0 N–H and O–H groups in total. The second-order valence-corrected chi connectivity index (χ2v) is 5.75. The summed E-state index contributed by atoms with van der Waals surface area (Å²) >= 11 is 1.39. The third kappa shape index (κ3) is 2.41. The van der Waals surface area contributed by atoms with Gasteiger partial charge in [-0.1, -0.05) is 29.5 Å². The van der Waals surface area contributed by atoms with Crippen molar-refractivity contribution in [2.45, 2.75) is 19.3 Å². The molecule has 2 aromatic rings. The van der Waals surface area contributed by atoms with Crippen molar-refractivity contribution in [3.63, 3.8) is 0 Å². The molecule has 1 aliphatic rings. The SMILES string of the molecule is COC(=O)c1cnc(N2CCCCc3ccccc32)s1. The first-order chi connectivity index (χ1) is 9.79. The summed E-state index contributed by atoms with van der Waals surface area (Å²) in [6.07, 6.45) is 5.01. The Hall–Kier alpha value is -1.88. The van der Waals surface area contributed by atoms with Crippen molar-refractivity contribution >= 4 is 28.1 Å². The van der Waals surface area contributed by atoms with Crippen LogP contribution in [-0.4, -0.2) is 24.6 Å². The van der Waals surface area contributed by atoms with Crippen LogP contribution in [0.2, 0.25) is 0 Å². The molecule has 0 spiro atoms. The van der Waals surface area contributed by atoms with Crippen LogP contribution < -0.4 is 4.90 Å². The number of hydrogen-bond acceptors (Lipinski definition) is 5. The lowest BCUT2D eigenvalue weighted by Crippen LogP contribution is -2.17. The second-order valence-electron chi connectivity index (χ2n) is 4.74. The number of thiazole rings is 1. The summed E-state index contributed by atoms with van der Waals surface area (Å²) in [7, 11) is 1.39. The van der Waals surface area contributed by atoms with Crippen LogP contribution in [0, 0.1) is 0 Å². The number of ether oxygens (including phenoxy) is 1. The molecule has 5 heteroatoms. The van der Waals surface area contributed by atoms with E-state index in [0.29, 0.717) is 4.88 Å². The van der Waals surface area contributed by atoms with Crippen LogP contribution in [0.25, 0.3) is 0 Å². The van der Waals surface area contributed by atoms with Crippen LogP contribution in [0.4, 0.5) is 10.8 Å². The Kier molecular flexibility index (Phi) is 3.69. The van der Waals surface area contributed by atoms with E-state index in [1.54, 1.807) is 6.20 Å². The van der Waals surface area contributed by atoms with E-state index in [-0.39, 0.29) is 5.97 Å². The van der Waals surface area contributed by atoms with Crippen molar-refractivity contribution in [1.82, 2.24) is 4.98 Å². The monoisotopic (exact) mass is 288 g/mol. The zero-order valence-corrected chi connectivity index (χ0v) is 12.2. The number of benzene rings is 1. The van der Waals surface area contributed by atoms with Gasteiger partial charge in [0.05, 0.1) is 13.3 Å². The Balaban J connectivity index is 1.97. The third-order valence-electron chi connectivity index (χ3n) is 3.47. The predicted molar refractivity (Wildman–Crippen MR) is 79.8 cm³/mol. The van der Waals surface area contributed by atoms with E-state index >= 15 is 0 Å². The number of methoxy groups -OCH3 is 1. The number of aromatic nitrogens is 1. The number of hydrogen-bond donors (Lipinski definition) is 0. The summed E-state index contributed by atoms with van der Waals surface area (Å²) in [5.74, 6) is -0.322. The standard InChI is InChI=1S/C15H16N2O2S/c1-19-14(18)13-10-16-15(20-13)17-9-5-4-7-11-6-2-3-8-12(11)17/h2-3,6,8,10H,4-5,7,9H2,1H3. The Morgan fingerprint density at radius 3 is 3.05 bits per heavy atom. The smallest absolute Gasteiger partial charge is 0.349 e. The fourth-order valence-electron chi connectivity index (χ4n) is 2.47. The van der Waals surface area contributed by atoms with Crippen LogP contribution >= 0.6 is 11.3 Å². The molecule has 0 amide bonds. The average molecular weight is 288 g/mol. The molecule has 20 heavy (non-hydrogen) atoms. The van der Waals surface area contributed by atoms with Gasteiger partial charge in [0.2, 0.25) is 0 Å². The minimum Gasteiger partial charge on any atom is -0.465 e. The minimum atomic E-state index is -0.322. The fourth-order valence-corrected chi connectivity index (χ4v) is 3.35. The number of esters is 1. The van der Waals surface area contributed by atoms with Gasteiger partial charge < -0.3 is 9.64 Å². The summed E-state index contributed by atoms with van der Waals surface area (Å²) < 4.78 is 4.74. The van der Waals surface area contributed by atoms with Gasteiger partial charge in [-0.25, -0.2) is 9.78 Å². The number of aryl methyl sites for hydroxylation is 1. The molecule has 1 aromatic carbocycles. The van der Waals surface area contributed by atoms with Gasteiger partial charge in [-0.2, -0.15) is 0 Å². The molecular formula is C15H16N2O2S. The third-order valence-corrected chi connectivity index (χ3v) is 4.47. The van der Waals surface area contributed by atoms with Gasteiger partial charge in [0.1, 0.15) is 4.88 Å². The first-order valence-electron chi connectivity index (χ1n) is 6.69. The van der Waals surface area contributed by atoms with Gasteiger partial charge >= 0.3 is 5.97 Å². The molecule has 104 valence electrons. The summed E-state index contributed by atoms with van der Waals surface area (Å²) in [6.45, 7) is 0.936. The lowest BCUT2D eigenvalue weighted by molar-refractivity contribution is 0.0606. The van der Waals surface area contributed by atoms with Gasteiger partial charge in [-0.3, -0.25) is 0 Å². The van der Waals surface area contributed by atoms with Crippen molar-refractivity contribution in [2.24, 2.45) is 0 Å². The van der Waals surface area contributed by atoms with Crippen molar-refractivity contribution in [3.05, 3.63) is 40.9 Å². The summed E-state index contributed by atoms with van der Waals surface area (Å²) in [5.41, 5.74) is 2.55. The topological polar surface area (TPSA) is 42.4 Å². The molecule has 1 aromatic heterocycles. The molecule has 0 saturated carbocycles. The van der Waals surface area contributed by atoms with Gasteiger partial charge in [-0.15, -0.1) is 0 Å².